The van der Waals surface area contributed by atoms with Gasteiger partial charge in [0.2, 0.25) is 0 Å². The number of nitrogens with zero attached hydrogens (tertiary/aromatic N) is 5. The molecule has 0 saturated heterocycles. The van der Waals surface area contributed by atoms with Crippen LogP contribution in [0.4, 0.5) is 37.6 Å². The molecule has 0 saturated carbocycles. The van der Waals surface area contributed by atoms with Crippen LogP contribution in [0.2, 0.25) is 0 Å². The summed E-state index contributed by atoms with van der Waals surface area (Å²) in [7, 11) is 0. The van der Waals surface area contributed by atoms with Crippen molar-refractivity contribution in [3.8, 4) is 0 Å². The van der Waals surface area contributed by atoms with Crippen LogP contribution in [-0.2, 0) is 0 Å². The molecule has 9 nitrogen and oxygen atoms in total. The molecule has 4 aromatic rings. The quantitative estimate of drug-likeness (QED) is 0.127. The van der Waals surface area contributed by atoms with Gasteiger partial charge in [0.1, 0.15) is 0 Å². The summed E-state index contributed by atoms with van der Waals surface area (Å²) in [6.45, 7) is 0. The van der Waals surface area contributed by atoms with E-state index < -0.39 is 15.5 Å². The molecule has 0 atom stereocenters. The van der Waals surface area contributed by atoms with Crippen molar-refractivity contribution in [2.24, 2.45) is 10.2 Å². The van der Waals surface area contributed by atoms with E-state index in [1.807, 2.05) is 72.8 Å². The van der Waals surface area contributed by atoms with Gasteiger partial charge in [-0.15, -0.1) is 0 Å². The molecular weight excluding hydrogens is 477 g/mol. The zero-order valence-electron chi connectivity index (χ0n) is 16.4. The Labute approximate surface area is 188 Å². The average molecular weight is 492 g/mol. The molecule has 0 aliphatic heterocycles. The molecule has 3 aromatic carbocycles. The first-order chi connectivity index (χ1) is 15.5. The summed E-state index contributed by atoms with van der Waals surface area (Å²) in [5.74, 6) is 0. The monoisotopic (exact) mass is 493 g/mol. The van der Waals surface area contributed by atoms with Crippen LogP contribution in [0.25, 0.3) is 0 Å². The summed E-state index contributed by atoms with van der Waals surface area (Å²) in [6, 6.07) is 26.9. The average Bonchev–Trinajstić information content (AvgIpc) is 3.27. The maximum absolute atomic E-state index is 11.3. The first-order valence-corrected chi connectivity index (χ1v) is 11.1. The number of nitro groups is 2. The van der Waals surface area contributed by atoms with Crippen molar-refractivity contribution in [2.75, 3.05) is 4.90 Å². The second-order valence-electron chi connectivity index (χ2n) is 6.51. The van der Waals surface area contributed by atoms with Gasteiger partial charge in [-0.25, -0.2) is 0 Å². The van der Waals surface area contributed by atoms with Crippen molar-refractivity contribution in [3.63, 3.8) is 0 Å². The molecule has 0 radical (unpaired) electrons. The number of rotatable bonds is 7. The van der Waals surface area contributed by atoms with Gasteiger partial charge in [0.05, 0.1) is 0 Å². The molecule has 0 unspecified atom stereocenters. The van der Waals surface area contributed by atoms with E-state index in [4.69, 9.17) is 0 Å². The molecule has 0 aliphatic rings. The Hall–Kier alpha value is -4.14. The van der Waals surface area contributed by atoms with Gasteiger partial charge in [0.25, 0.3) is 0 Å². The van der Waals surface area contributed by atoms with Crippen LogP contribution in [0.3, 0.4) is 0 Å². The van der Waals surface area contributed by atoms with Crippen molar-refractivity contribution in [3.05, 3.63) is 111 Å². The van der Waals surface area contributed by atoms with Gasteiger partial charge in [0.15, 0.2) is 0 Å². The summed E-state index contributed by atoms with van der Waals surface area (Å²) >= 11 is -0.204. The minimum absolute atomic E-state index is 0.0336. The van der Waals surface area contributed by atoms with Gasteiger partial charge in [-0.05, 0) is 0 Å². The molecule has 10 heteroatoms. The SMILES string of the molecule is O=[N+]([O-])c1ccc(N=Nc2ccc(N(c3ccccc3)c3ccccc3)[se]2)c([N+](=O)[O-])c1. The molecule has 0 amide bonds. The van der Waals surface area contributed by atoms with E-state index in [0.29, 0.717) is 4.56 Å². The minimum atomic E-state index is -0.703. The number of hydrogen-bond acceptors (Lipinski definition) is 7. The number of para-hydroxylation sites is 2. The van der Waals surface area contributed by atoms with Crippen LogP contribution in [0.15, 0.2) is 101 Å². The zero-order chi connectivity index (χ0) is 22.5. The third kappa shape index (κ3) is 4.61. The van der Waals surface area contributed by atoms with Gasteiger partial charge in [-0.2, -0.15) is 0 Å². The van der Waals surface area contributed by atoms with E-state index in [1.165, 1.54) is 12.1 Å². The zero-order valence-corrected chi connectivity index (χ0v) is 18.2. The number of benzene rings is 3. The van der Waals surface area contributed by atoms with Crippen LogP contribution < -0.4 is 4.90 Å². The molecule has 1 heterocycles. The fraction of sp³-hybridized carbons (Fsp3) is 0. The molecule has 158 valence electrons. The first-order valence-electron chi connectivity index (χ1n) is 9.37. The van der Waals surface area contributed by atoms with Gasteiger partial charge in [-0.1, -0.05) is 0 Å². The number of non-ortho nitro benzene ring substituents is 1. The predicted molar refractivity (Wildman–Crippen MR) is 122 cm³/mol. The molecule has 0 N–H and O–H groups in total. The van der Waals surface area contributed by atoms with Gasteiger partial charge < -0.3 is 0 Å². The van der Waals surface area contributed by atoms with E-state index >= 15 is 0 Å². The predicted octanol–water partition coefficient (Wildman–Crippen LogP) is 6.45. The third-order valence-electron chi connectivity index (χ3n) is 4.45. The van der Waals surface area contributed by atoms with Gasteiger partial charge in [0, 0.05) is 0 Å². The Morgan fingerprint density at radius 3 is 1.91 bits per heavy atom. The number of hydrogen-bond donors (Lipinski definition) is 0. The topological polar surface area (TPSA) is 114 Å². The van der Waals surface area contributed by atoms with E-state index in [2.05, 4.69) is 15.1 Å². The van der Waals surface area contributed by atoms with E-state index in [1.54, 1.807) is 0 Å². The van der Waals surface area contributed by atoms with Crippen molar-refractivity contribution >= 4 is 52.1 Å². The van der Waals surface area contributed by atoms with Crippen molar-refractivity contribution in [2.45, 2.75) is 0 Å². The number of anilines is 3. The summed E-state index contributed by atoms with van der Waals surface area (Å²) in [6.07, 6.45) is 0. The number of azo groups is 1. The Bertz CT molecular complexity index is 1250. The first kappa shape index (κ1) is 21.1. The van der Waals surface area contributed by atoms with E-state index in [-0.39, 0.29) is 25.9 Å². The maximum atomic E-state index is 11.3. The molecule has 0 fully saturated rings. The molecule has 0 bridgehead atoms. The Morgan fingerprint density at radius 2 is 1.34 bits per heavy atom. The normalized spacial score (nSPS) is 10.9. The van der Waals surface area contributed by atoms with Gasteiger partial charge in [-0.3, -0.25) is 0 Å². The standard InChI is InChI=1S/C22H15N5O4Se/c28-26(29)18-11-12-19(20(15-18)27(30)31)23-24-21-13-14-22(32-21)25(16-7-3-1-4-8-16)17-9-5-2-6-10-17/h1-15H. The van der Waals surface area contributed by atoms with Crippen LogP contribution in [0.1, 0.15) is 0 Å². The van der Waals surface area contributed by atoms with Crippen LogP contribution in [0, 0.1) is 20.2 Å². The molecule has 0 aliphatic carbocycles. The Morgan fingerprint density at radius 1 is 0.719 bits per heavy atom. The second-order valence-corrected chi connectivity index (χ2v) is 8.69. The summed E-state index contributed by atoms with van der Waals surface area (Å²) in [5, 5.41) is 30.4. The Balaban J connectivity index is 1.67. The Kier molecular flexibility index (Phi) is 6.16. The molecule has 1 aromatic heterocycles. The molecule has 32 heavy (non-hydrogen) atoms. The van der Waals surface area contributed by atoms with Crippen LogP contribution in [0.5, 0.6) is 0 Å². The van der Waals surface area contributed by atoms with Crippen LogP contribution >= 0.6 is 0 Å². The van der Waals surface area contributed by atoms with E-state index in [0.717, 1.165) is 22.0 Å². The fourth-order valence-electron chi connectivity index (χ4n) is 3.01. The summed E-state index contributed by atoms with van der Waals surface area (Å²) in [5.41, 5.74) is 1.14. The van der Waals surface area contributed by atoms with E-state index in [9.17, 15) is 20.2 Å². The van der Waals surface area contributed by atoms with Crippen LogP contribution in [-0.4, -0.2) is 24.4 Å². The van der Waals surface area contributed by atoms with Crippen molar-refractivity contribution in [1.82, 2.24) is 0 Å². The summed E-state index contributed by atoms with van der Waals surface area (Å²) < 4.78 is 1.71. The fourth-order valence-corrected chi connectivity index (χ4v) is 4.83. The number of nitro benzene ring substituents is 2. The van der Waals surface area contributed by atoms with Crippen molar-refractivity contribution in [1.29, 1.82) is 0 Å². The third-order valence-corrected chi connectivity index (χ3v) is 6.45. The van der Waals surface area contributed by atoms with Crippen molar-refractivity contribution < 1.29 is 9.85 Å². The molecular formula is C22H15N5O4Se. The second kappa shape index (κ2) is 9.34. The molecule has 4 rings (SSSR count). The van der Waals surface area contributed by atoms with Gasteiger partial charge >= 0.3 is 188 Å². The molecule has 0 spiro atoms. The summed E-state index contributed by atoms with van der Waals surface area (Å²) in [4.78, 5) is 22.9.